The molecule has 0 saturated carbocycles. The van der Waals surface area contributed by atoms with Crippen LogP contribution in [-0.2, 0) is 0 Å². The highest BCUT2D eigenvalue weighted by atomic mass is 16.5. The minimum atomic E-state index is -0.278. The predicted octanol–water partition coefficient (Wildman–Crippen LogP) is 2.41. The van der Waals surface area contributed by atoms with Crippen molar-refractivity contribution in [3.63, 3.8) is 0 Å². The molecule has 0 saturated heterocycles. The number of nitrogens with one attached hydrogen (secondary N) is 1. The summed E-state index contributed by atoms with van der Waals surface area (Å²) in [7, 11) is 0. The van der Waals surface area contributed by atoms with Crippen molar-refractivity contribution >= 4 is 12.1 Å². The van der Waals surface area contributed by atoms with Crippen LogP contribution in [0.3, 0.4) is 0 Å². The molecular weight excluding hydrogens is 266 g/mol. The number of benzene rings is 1. The van der Waals surface area contributed by atoms with Crippen LogP contribution >= 0.6 is 0 Å². The molecule has 0 radical (unpaired) electrons. The number of rotatable bonds is 6. The first-order valence-electron chi connectivity index (χ1n) is 6.37. The predicted molar refractivity (Wildman–Crippen MR) is 81.4 cm³/mol. The molecule has 0 aliphatic carbocycles. The van der Waals surface area contributed by atoms with Gasteiger partial charge in [0.2, 0.25) is 0 Å². The highest BCUT2D eigenvalue weighted by Gasteiger charge is 2.01. The second-order valence-electron chi connectivity index (χ2n) is 4.10. The summed E-state index contributed by atoms with van der Waals surface area (Å²) in [6.07, 6.45) is 6.36. The summed E-state index contributed by atoms with van der Waals surface area (Å²) in [6, 6.07) is 10.6. The molecule has 1 amide bonds. The van der Waals surface area contributed by atoms with E-state index < -0.39 is 0 Å². The minimum absolute atomic E-state index is 0.278. The first-order chi connectivity index (χ1) is 10.3. The van der Waals surface area contributed by atoms with Crippen LogP contribution in [0.4, 0.5) is 0 Å². The van der Waals surface area contributed by atoms with Crippen LogP contribution in [0.2, 0.25) is 0 Å². The number of pyridine rings is 1. The molecule has 2 aromatic rings. The van der Waals surface area contributed by atoms with E-state index in [-0.39, 0.29) is 5.91 Å². The van der Waals surface area contributed by atoms with Gasteiger partial charge in [-0.3, -0.25) is 9.78 Å². The van der Waals surface area contributed by atoms with Crippen molar-refractivity contribution in [1.82, 2.24) is 10.4 Å². The van der Waals surface area contributed by atoms with Crippen molar-refractivity contribution in [3.05, 3.63) is 72.6 Å². The van der Waals surface area contributed by atoms with Crippen LogP contribution in [0.25, 0.3) is 0 Å². The van der Waals surface area contributed by atoms with Gasteiger partial charge in [-0.2, -0.15) is 5.10 Å². The molecule has 1 aromatic carbocycles. The lowest BCUT2D eigenvalue weighted by Crippen LogP contribution is -2.17. The summed E-state index contributed by atoms with van der Waals surface area (Å²) in [5.41, 5.74) is 3.82. The second-order valence-corrected chi connectivity index (χ2v) is 4.10. The Labute approximate surface area is 123 Å². The van der Waals surface area contributed by atoms with Crippen LogP contribution in [0.15, 0.2) is 66.5 Å². The fraction of sp³-hybridized carbons (Fsp3) is 0.0625. The Kier molecular flexibility index (Phi) is 5.23. The topological polar surface area (TPSA) is 63.6 Å². The molecule has 1 heterocycles. The van der Waals surface area contributed by atoms with Crippen LogP contribution in [0, 0.1) is 0 Å². The normalized spacial score (nSPS) is 10.3. The number of amides is 1. The maximum Gasteiger partial charge on any atom is 0.271 e. The van der Waals surface area contributed by atoms with Gasteiger partial charge in [-0.15, -0.1) is 0 Å². The number of nitrogens with zero attached hydrogens (tertiary/aromatic N) is 2. The molecule has 21 heavy (non-hydrogen) atoms. The molecule has 0 atom stereocenters. The molecule has 0 spiro atoms. The Balaban J connectivity index is 1.89. The van der Waals surface area contributed by atoms with E-state index in [9.17, 15) is 4.79 Å². The molecule has 0 aliphatic heterocycles. The van der Waals surface area contributed by atoms with Gasteiger partial charge >= 0.3 is 0 Å². The van der Waals surface area contributed by atoms with Crippen LogP contribution in [-0.4, -0.2) is 23.7 Å². The van der Waals surface area contributed by atoms with Gasteiger partial charge in [-0.25, -0.2) is 5.43 Å². The van der Waals surface area contributed by atoms with Crippen molar-refractivity contribution in [2.24, 2.45) is 5.10 Å². The Morgan fingerprint density at radius 2 is 1.95 bits per heavy atom. The number of carbonyl (C=O) groups excluding carboxylic acids is 1. The van der Waals surface area contributed by atoms with Gasteiger partial charge in [0, 0.05) is 18.0 Å². The van der Waals surface area contributed by atoms with Gasteiger partial charge in [-0.05, 0) is 42.0 Å². The SMILES string of the molecule is C=CCOc1ccc(C=NNC(=O)c2ccncc2)cc1. The molecule has 1 aromatic heterocycles. The standard InChI is InChI=1S/C16H15N3O2/c1-2-11-21-15-5-3-13(4-6-15)12-18-19-16(20)14-7-9-17-10-8-14/h2-10,12H,1,11H2,(H,19,20). The van der Waals surface area contributed by atoms with Crippen molar-refractivity contribution in [2.45, 2.75) is 0 Å². The van der Waals surface area contributed by atoms with Crippen molar-refractivity contribution in [2.75, 3.05) is 6.61 Å². The van der Waals surface area contributed by atoms with Crippen LogP contribution in [0.1, 0.15) is 15.9 Å². The molecule has 0 aliphatic rings. The third kappa shape index (κ3) is 4.58. The monoisotopic (exact) mass is 281 g/mol. The Bertz CT molecular complexity index is 622. The molecule has 106 valence electrons. The van der Waals surface area contributed by atoms with Crippen LogP contribution in [0.5, 0.6) is 5.75 Å². The van der Waals surface area contributed by atoms with E-state index in [1.165, 1.54) is 0 Å². The van der Waals surface area contributed by atoms with E-state index >= 15 is 0 Å². The number of carbonyl (C=O) groups is 1. The average Bonchev–Trinajstić information content (AvgIpc) is 2.55. The quantitative estimate of drug-likeness (QED) is 0.502. The summed E-state index contributed by atoms with van der Waals surface area (Å²) < 4.78 is 5.37. The fourth-order valence-electron chi connectivity index (χ4n) is 1.54. The van der Waals surface area contributed by atoms with Gasteiger partial charge in [0.15, 0.2) is 0 Å². The third-order valence-electron chi connectivity index (χ3n) is 2.57. The number of ether oxygens (including phenoxy) is 1. The number of aromatic nitrogens is 1. The van der Waals surface area contributed by atoms with Crippen LogP contribution < -0.4 is 10.2 Å². The summed E-state index contributed by atoms with van der Waals surface area (Å²) in [5, 5.41) is 3.91. The Morgan fingerprint density at radius 1 is 1.24 bits per heavy atom. The van der Waals surface area contributed by atoms with Crippen molar-refractivity contribution < 1.29 is 9.53 Å². The van der Waals surface area contributed by atoms with Gasteiger partial charge in [0.05, 0.1) is 6.21 Å². The zero-order chi connectivity index (χ0) is 14.9. The van der Waals surface area contributed by atoms with Gasteiger partial charge in [0.25, 0.3) is 5.91 Å². The van der Waals surface area contributed by atoms with E-state index in [0.717, 1.165) is 11.3 Å². The lowest BCUT2D eigenvalue weighted by atomic mass is 10.2. The van der Waals surface area contributed by atoms with E-state index in [1.807, 2.05) is 24.3 Å². The zero-order valence-electron chi connectivity index (χ0n) is 11.4. The molecule has 5 heteroatoms. The molecule has 2 rings (SSSR count). The first kappa shape index (κ1) is 14.5. The largest absolute Gasteiger partial charge is 0.490 e. The smallest absolute Gasteiger partial charge is 0.271 e. The minimum Gasteiger partial charge on any atom is -0.490 e. The summed E-state index contributed by atoms with van der Waals surface area (Å²) >= 11 is 0. The van der Waals surface area contributed by atoms with E-state index in [2.05, 4.69) is 22.1 Å². The lowest BCUT2D eigenvalue weighted by Gasteiger charge is -2.02. The highest BCUT2D eigenvalue weighted by molar-refractivity contribution is 5.94. The number of hydrogen-bond donors (Lipinski definition) is 1. The lowest BCUT2D eigenvalue weighted by molar-refractivity contribution is 0.0955. The third-order valence-corrected chi connectivity index (χ3v) is 2.57. The maximum atomic E-state index is 11.7. The molecule has 0 unspecified atom stereocenters. The number of hydrazone groups is 1. The van der Waals surface area contributed by atoms with E-state index in [4.69, 9.17) is 4.74 Å². The average molecular weight is 281 g/mol. The summed E-state index contributed by atoms with van der Waals surface area (Å²) in [4.78, 5) is 15.6. The fourth-order valence-corrected chi connectivity index (χ4v) is 1.54. The van der Waals surface area contributed by atoms with E-state index in [0.29, 0.717) is 12.2 Å². The molecule has 0 fully saturated rings. The highest BCUT2D eigenvalue weighted by Crippen LogP contribution is 2.10. The van der Waals surface area contributed by atoms with E-state index in [1.54, 1.807) is 36.8 Å². The van der Waals surface area contributed by atoms with Gasteiger partial charge < -0.3 is 4.74 Å². The first-order valence-corrected chi connectivity index (χ1v) is 6.37. The Hall–Kier alpha value is -2.95. The number of hydrogen-bond acceptors (Lipinski definition) is 4. The molecule has 0 bridgehead atoms. The summed E-state index contributed by atoms with van der Waals surface area (Å²) in [5.74, 6) is 0.479. The molecule has 5 nitrogen and oxygen atoms in total. The van der Waals surface area contributed by atoms with Crippen molar-refractivity contribution in [3.8, 4) is 5.75 Å². The molecule has 1 N–H and O–H groups in total. The second kappa shape index (κ2) is 7.59. The van der Waals surface area contributed by atoms with Crippen molar-refractivity contribution in [1.29, 1.82) is 0 Å². The Morgan fingerprint density at radius 3 is 2.62 bits per heavy atom. The van der Waals surface area contributed by atoms with Gasteiger partial charge in [-0.1, -0.05) is 12.7 Å². The van der Waals surface area contributed by atoms with Gasteiger partial charge in [0.1, 0.15) is 12.4 Å². The molecular formula is C16H15N3O2. The maximum absolute atomic E-state index is 11.7. The zero-order valence-corrected chi connectivity index (χ0v) is 11.4. The summed E-state index contributed by atoms with van der Waals surface area (Å²) in [6.45, 7) is 4.05.